The molecule has 0 saturated carbocycles. The van der Waals surface area contributed by atoms with Gasteiger partial charge in [0.15, 0.2) is 0 Å². The van der Waals surface area contributed by atoms with Gasteiger partial charge in [0.25, 0.3) is 11.7 Å². The van der Waals surface area contributed by atoms with Gasteiger partial charge in [0.1, 0.15) is 17.6 Å². The highest BCUT2D eigenvalue weighted by Gasteiger charge is 2.47. The molecule has 0 bridgehead atoms. The summed E-state index contributed by atoms with van der Waals surface area (Å²) < 4.78 is 13.3. The maximum atomic E-state index is 13.3. The van der Waals surface area contributed by atoms with Crippen LogP contribution in [0.25, 0.3) is 5.76 Å². The van der Waals surface area contributed by atoms with Crippen molar-refractivity contribution in [1.82, 2.24) is 4.98 Å². The Morgan fingerprint density at radius 3 is 2.26 bits per heavy atom. The van der Waals surface area contributed by atoms with E-state index in [-0.39, 0.29) is 16.9 Å². The van der Waals surface area contributed by atoms with E-state index in [2.05, 4.69) is 4.98 Å². The second-order valence-electron chi connectivity index (χ2n) is 7.34. The highest BCUT2D eigenvalue weighted by atomic mass is 19.1. The van der Waals surface area contributed by atoms with Crippen LogP contribution >= 0.6 is 0 Å². The molecule has 156 valence electrons. The fourth-order valence-electron chi connectivity index (χ4n) is 3.59. The van der Waals surface area contributed by atoms with Gasteiger partial charge in [-0.25, -0.2) is 4.39 Å². The lowest BCUT2D eigenvalue weighted by Crippen LogP contribution is -2.29. The number of carbonyl (C=O) groups is 2. The molecule has 1 aliphatic heterocycles. The number of hydrogen-bond acceptors (Lipinski definition) is 5. The minimum absolute atomic E-state index is 0.0907. The van der Waals surface area contributed by atoms with E-state index in [1.54, 1.807) is 36.5 Å². The summed E-state index contributed by atoms with van der Waals surface area (Å²) in [6.45, 7) is 0. The van der Waals surface area contributed by atoms with Gasteiger partial charge >= 0.3 is 0 Å². The molecule has 2 aromatic carbocycles. The number of hydrogen-bond donors (Lipinski definition) is 1. The first-order valence-electron chi connectivity index (χ1n) is 9.63. The Hall–Kier alpha value is -4.00. The normalized spacial score (nSPS) is 17.8. The number of halogens is 1. The number of rotatable bonds is 4. The third-order valence-corrected chi connectivity index (χ3v) is 5.17. The Kier molecular flexibility index (Phi) is 5.25. The number of aromatic nitrogens is 1. The van der Waals surface area contributed by atoms with Crippen LogP contribution < -0.4 is 9.80 Å². The Morgan fingerprint density at radius 1 is 1.00 bits per heavy atom. The minimum atomic E-state index is -0.920. The van der Waals surface area contributed by atoms with Gasteiger partial charge < -0.3 is 10.0 Å². The average Bonchev–Trinajstić information content (AvgIpc) is 3.05. The molecule has 6 nitrogen and oxygen atoms in total. The molecule has 1 fully saturated rings. The number of aliphatic hydroxyl groups excluding tert-OH is 1. The van der Waals surface area contributed by atoms with Crippen LogP contribution in [0.4, 0.5) is 15.8 Å². The number of benzene rings is 2. The quantitative estimate of drug-likeness (QED) is 0.396. The second kappa shape index (κ2) is 8.02. The smallest absolute Gasteiger partial charge is 0.300 e. The van der Waals surface area contributed by atoms with Crippen molar-refractivity contribution in [2.75, 3.05) is 23.9 Å². The molecule has 1 aliphatic rings. The van der Waals surface area contributed by atoms with E-state index in [0.29, 0.717) is 11.4 Å². The van der Waals surface area contributed by atoms with Gasteiger partial charge in [-0.1, -0.05) is 6.07 Å². The van der Waals surface area contributed by atoms with Crippen LogP contribution in [0.15, 0.2) is 78.5 Å². The summed E-state index contributed by atoms with van der Waals surface area (Å²) in [7, 11) is 3.80. The maximum absolute atomic E-state index is 13.3. The van der Waals surface area contributed by atoms with Crippen molar-refractivity contribution in [3.63, 3.8) is 0 Å². The number of anilines is 2. The topological polar surface area (TPSA) is 73.7 Å². The van der Waals surface area contributed by atoms with Crippen molar-refractivity contribution in [3.8, 4) is 0 Å². The lowest BCUT2D eigenvalue weighted by atomic mass is 9.98. The molecule has 0 spiro atoms. The first-order valence-corrected chi connectivity index (χ1v) is 9.63. The molecule has 1 atom stereocenters. The van der Waals surface area contributed by atoms with E-state index < -0.39 is 23.5 Å². The number of amides is 1. The molecule has 0 aliphatic carbocycles. The monoisotopic (exact) mass is 417 g/mol. The number of aliphatic hydroxyl groups is 1. The lowest BCUT2D eigenvalue weighted by Gasteiger charge is -2.25. The van der Waals surface area contributed by atoms with Crippen LogP contribution in [0.1, 0.15) is 17.3 Å². The summed E-state index contributed by atoms with van der Waals surface area (Å²) in [6.07, 6.45) is 1.56. The summed E-state index contributed by atoms with van der Waals surface area (Å²) >= 11 is 0. The molecule has 1 saturated heterocycles. The third-order valence-electron chi connectivity index (χ3n) is 5.17. The van der Waals surface area contributed by atoms with Gasteiger partial charge in [-0.15, -0.1) is 0 Å². The first kappa shape index (κ1) is 20.3. The minimum Gasteiger partial charge on any atom is -0.507 e. The van der Waals surface area contributed by atoms with Crippen LogP contribution in [0.2, 0.25) is 0 Å². The second-order valence-corrected chi connectivity index (χ2v) is 7.34. The van der Waals surface area contributed by atoms with Gasteiger partial charge in [-0.05, 0) is 60.7 Å². The number of Topliss-reactive ketones (excluding diaryl/α,β-unsaturated/α-hetero) is 1. The molecule has 1 aromatic heterocycles. The number of carbonyl (C=O) groups excluding carboxylic acids is 2. The molecule has 4 rings (SSSR count). The predicted octanol–water partition coefficient (Wildman–Crippen LogP) is 3.91. The molecular formula is C24H20FN3O3. The van der Waals surface area contributed by atoms with Crippen molar-refractivity contribution in [2.24, 2.45) is 0 Å². The van der Waals surface area contributed by atoms with Crippen molar-refractivity contribution < 1.29 is 19.1 Å². The van der Waals surface area contributed by atoms with Gasteiger partial charge in [-0.3, -0.25) is 19.5 Å². The molecule has 0 radical (unpaired) electrons. The third kappa shape index (κ3) is 3.66. The maximum Gasteiger partial charge on any atom is 0.300 e. The molecule has 31 heavy (non-hydrogen) atoms. The Labute approximate surface area is 178 Å². The van der Waals surface area contributed by atoms with Crippen LogP contribution in [-0.2, 0) is 9.59 Å². The van der Waals surface area contributed by atoms with Crippen molar-refractivity contribution in [3.05, 3.63) is 95.6 Å². The van der Waals surface area contributed by atoms with Gasteiger partial charge in [-0.2, -0.15) is 0 Å². The number of ketones is 1. The number of nitrogens with zero attached hydrogens (tertiary/aromatic N) is 3. The van der Waals surface area contributed by atoms with Crippen molar-refractivity contribution >= 4 is 28.8 Å². The zero-order chi connectivity index (χ0) is 22.1. The number of pyridine rings is 1. The van der Waals surface area contributed by atoms with Gasteiger partial charge in [0, 0.05) is 37.2 Å². The SMILES string of the molecule is CN(C)c1ccc(N2C(=O)C(=O)/C(=C(\O)c3ccc(F)cc3)C2c2ccccn2)cc1. The van der Waals surface area contributed by atoms with Crippen LogP contribution in [0.3, 0.4) is 0 Å². The van der Waals surface area contributed by atoms with Crippen LogP contribution in [0.5, 0.6) is 0 Å². The van der Waals surface area contributed by atoms with E-state index in [9.17, 15) is 19.1 Å². The summed E-state index contributed by atoms with van der Waals surface area (Å²) in [6, 6.07) is 16.5. The van der Waals surface area contributed by atoms with Crippen LogP contribution in [-0.4, -0.2) is 35.9 Å². The van der Waals surface area contributed by atoms with E-state index in [4.69, 9.17) is 0 Å². The Morgan fingerprint density at radius 2 is 1.68 bits per heavy atom. The zero-order valence-electron chi connectivity index (χ0n) is 17.0. The summed E-state index contributed by atoms with van der Waals surface area (Å²) in [4.78, 5) is 33.6. The molecule has 7 heteroatoms. The van der Waals surface area contributed by atoms with Crippen molar-refractivity contribution in [1.29, 1.82) is 0 Å². The molecular weight excluding hydrogens is 397 g/mol. The van der Waals surface area contributed by atoms with Gasteiger partial charge in [0.2, 0.25) is 0 Å². The zero-order valence-corrected chi connectivity index (χ0v) is 17.0. The highest BCUT2D eigenvalue weighted by molar-refractivity contribution is 6.51. The Balaban J connectivity index is 1.89. The van der Waals surface area contributed by atoms with E-state index >= 15 is 0 Å². The summed E-state index contributed by atoms with van der Waals surface area (Å²) in [5, 5.41) is 10.9. The molecule has 3 aromatic rings. The highest BCUT2D eigenvalue weighted by Crippen LogP contribution is 2.41. The van der Waals surface area contributed by atoms with E-state index in [0.717, 1.165) is 5.69 Å². The molecule has 2 heterocycles. The van der Waals surface area contributed by atoms with Gasteiger partial charge in [0.05, 0.1) is 11.3 Å². The van der Waals surface area contributed by atoms with E-state index in [1.165, 1.54) is 29.2 Å². The predicted molar refractivity (Wildman–Crippen MR) is 116 cm³/mol. The fraction of sp³-hybridized carbons (Fsp3) is 0.125. The van der Waals surface area contributed by atoms with E-state index in [1.807, 2.05) is 31.1 Å². The standard InChI is InChI=1S/C24H20FN3O3/c1-27(2)17-10-12-18(13-11-17)28-21(19-5-3-4-14-26-19)20(23(30)24(28)31)22(29)15-6-8-16(25)9-7-15/h3-14,21,29H,1-2H3/b22-20-. The average molecular weight is 417 g/mol. The first-order chi connectivity index (χ1) is 14.9. The largest absolute Gasteiger partial charge is 0.507 e. The Bertz CT molecular complexity index is 1160. The molecule has 1 amide bonds. The van der Waals surface area contributed by atoms with Crippen LogP contribution in [0, 0.1) is 5.82 Å². The lowest BCUT2D eigenvalue weighted by molar-refractivity contribution is -0.132. The summed E-state index contributed by atoms with van der Waals surface area (Å²) in [5.41, 5.74) is 2.01. The fourth-order valence-corrected chi connectivity index (χ4v) is 3.59. The van der Waals surface area contributed by atoms with Crippen molar-refractivity contribution in [2.45, 2.75) is 6.04 Å². The molecule has 1 N–H and O–H groups in total. The molecule has 1 unspecified atom stereocenters. The summed E-state index contributed by atoms with van der Waals surface area (Å²) in [5.74, 6) is -2.44.